The van der Waals surface area contributed by atoms with Gasteiger partial charge in [-0.2, -0.15) is 0 Å². The number of anilines is 1. The number of rotatable bonds is 5. The van der Waals surface area contributed by atoms with E-state index in [1.54, 1.807) is 0 Å². The summed E-state index contributed by atoms with van der Waals surface area (Å²) in [7, 11) is 0. The van der Waals surface area contributed by atoms with Crippen molar-refractivity contribution in [3.63, 3.8) is 0 Å². The molecule has 0 fully saturated rings. The van der Waals surface area contributed by atoms with Gasteiger partial charge in [0.25, 0.3) is 0 Å². The summed E-state index contributed by atoms with van der Waals surface area (Å²) < 4.78 is 1.69. The number of unbranched alkanes of at least 4 members (excludes halogenated alkanes) is 1. The highest BCUT2D eigenvalue weighted by atomic mass is 32.1. The van der Waals surface area contributed by atoms with Crippen LogP contribution >= 0.6 is 24.4 Å². The third-order valence-electron chi connectivity index (χ3n) is 2.59. The largest absolute Gasteiger partial charge is 0.384 e. The van der Waals surface area contributed by atoms with Crippen molar-refractivity contribution in [1.29, 1.82) is 0 Å². The number of hydrogen-bond acceptors (Lipinski definition) is 4. The lowest BCUT2D eigenvalue weighted by Crippen LogP contribution is -2.20. The van der Waals surface area contributed by atoms with Crippen molar-refractivity contribution >= 4 is 30.1 Å². The summed E-state index contributed by atoms with van der Waals surface area (Å²) >= 11 is 10.6. The predicted molar refractivity (Wildman–Crippen MR) is 76.0 cm³/mol. The third-order valence-corrected chi connectivity index (χ3v) is 3.54. The van der Waals surface area contributed by atoms with Crippen LogP contribution in [0.3, 0.4) is 0 Å². The third kappa shape index (κ3) is 2.87. The Morgan fingerprint density at radius 3 is 2.25 bits per heavy atom. The van der Waals surface area contributed by atoms with E-state index < -0.39 is 0 Å². The molecule has 0 aliphatic rings. The zero-order valence-corrected chi connectivity index (χ0v) is 11.9. The highest BCUT2D eigenvalue weighted by Crippen LogP contribution is 2.36. The molecule has 0 heterocycles. The Bertz CT molecular complexity index is 423. The van der Waals surface area contributed by atoms with Crippen LogP contribution in [0.15, 0.2) is 0 Å². The van der Waals surface area contributed by atoms with Gasteiger partial charge in [0.2, 0.25) is 0 Å². The van der Waals surface area contributed by atoms with Crippen molar-refractivity contribution in [3.8, 4) is 0 Å². The lowest BCUT2D eigenvalue weighted by atomic mass is 9.83. The van der Waals surface area contributed by atoms with Crippen LogP contribution in [0.25, 0.3) is 0 Å². The van der Waals surface area contributed by atoms with Crippen LogP contribution in [0.5, 0.6) is 0 Å². The Balaban J connectivity index is 2.71. The van der Waals surface area contributed by atoms with Gasteiger partial charge in [-0.15, -0.1) is 0 Å². The maximum atomic E-state index is 5.45. The summed E-state index contributed by atoms with van der Waals surface area (Å²) in [5.41, 5.74) is 7.83. The highest BCUT2D eigenvalue weighted by Gasteiger charge is 2.25. The van der Waals surface area contributed by atoms with Crippen LogP contribution in [0.2, 0.25) is 0 Å². The first kappa shape index (κ1) is 13.7. The smallest absolute Gasteiger partial charge is 0.0796 e. The Morgan fingerprint density at radius 2 is 1.75 bits per heavy atom. The zero-order chi connectivity index (χ0) is 12.3. The Labute approximate surface area is 108 Å². The van der Waals surface area contributed by atoms with Crippen molar-refractivity contribution in [3.05, 3.63) is 14.6 Å². The van der Waals surface area contributed by atoms with Crippen LogP contribution in [-0.4, -0.2) is 13.1 Å². The van der Waals surface area contributed by atoms with Crippen molar-refractivity contribution < 1.29 is 0 Å². The molecular formula is C12H20N2S2. The average molecular weight is 256 g/mol. The summed E-state index contributed by atoms with van der Waals surface area (Å²) in [5, 5.41) is 3.39. The van der Waals surface area contributed by atoms with Crippen molar-refractivity contribution in [2.45, 2.75) is 39.0 Å². The van der Waals surface area contributed by atoms with Crippen LogP contribution in [0.4, 0.5) is 5.69 Å². The first-order chi connectivity index (χ1) is 7.39. The summed E-state index contributed by atoms with van der Waals surface area (Å²) in [5.74, 6) is 0. The molecule has 3 N–H and O–H groups in total. The molecular weight excluding hydrogens is 236 g/mol. The van der Waals surface area contributed by atoms with Gasteiger partial charge in [-0.1, -0.05) is 45.2 Å². The number of nitrogens with two attached hydrogens (primary N) is 1. The lowest BCUT2D eigenvalue weighted by Gasteiger charge is -2.27. The van der Waals surface area contributed by atoms with E-state index >= 15 is 0 Å². The summed E-state index contributed by atoms with van der Waals surface area (Å²) in [4.78, 5) is 0. The summed E-state index contributed by atoms with van der Waals surface area (Å²) in [6.45, 7) is 8.17. The molecule has 2 nitrogen and oxygen atoms in total. The molecule has 0 radical (unpaired) electrons. The van der Waals surface area contributed by atoms with E-state index in [-0.39, 0.29) is 5.41 Å². The Kier molecular flexibility index (Phi) is 4.59. The number of hydrogen-bond donors (Lipinski definition) is 2. The second-order valence-electron chi connectivity index (χ2n) is 5.08. The van der Waals surface area contributed by atoms with Gasteiger partial charge in [-0.3, -0.25) is 0 Å². The molecule has 0 unspecified atom stereocenters. The molecule has 90 valence electrons. The minimum absolute atomic E-state index is 0.0790. The molecule has 1 aromatic rings. The van der Waals surface area contributed by atoms with E-state index in [0.29, 0.717) is 0 Å². The van der Waals surface area contributed by atoms with E-state index in [1.807, 2.05) is 0 Å². The molecule has 0 spiro atoms. The molecule has 0 aromatic heterocycles. The topological polar surface area (TPSA) is 38.0 Å². The van der Waals surface area contributed by atoms with Crippen molar-refractivity contribution in [2.75, 3.05) is 18.4 Å². The fourth-order valence-corrected chi connectivity index (χ4v) is 2.55. The van der Waals surface area contributed by atoms with Gasteiger partial charge in [0.1, 0.15) is 0 Å². The highest BCUT2D eigenvalue weighted by molar-refractivity contribution is 7.74. The molecule has 0 atom stereocenters. The molecule has 0 amide bonds. The molecule has 4 heteroatoms. The second-order valence-corrected chi connectivity index (χ2v) is 5.90. The van der Waals surface area contributed by atoms with Crippen LogP contribution in [-0.2, 0) is 5.41 Å². The van der Waals surface area contributed by atoms with Gasteiger partial charge in [0.15, 0.2) is 0 Å². The first-order valence-electron chi connectivity index (χ1n) is 5.67. The predicted octanol–water partition coefficient (Wildman–Crippen LogP) is 3.47. The van der Waals surface area contributed by atoms with E-state index in [2.05, 4.69) is 26.1 Å². The molecule has 0 saturated carbocycles. The monoisotopic (exact) mass is 256 g/mol. The molecule has 0 saturated heterocycles. The van der Waals surface area contributed by atoms with Crippen LogP contribution in [0, 0.1) is 9.02 Å². The molecule has 0 aliphatic carbocycles. The molecule has 1 aromatic carbocycles. The lowest BCUT2D eigenvalue weighted by molar-refractivity contribution is 0.584. The van der Waals surface area contributed by atoms with Gasteiger partial charge >= 0.3 is 0 Å². The van der Waals surface area contributed by atoms with E-state index in [0.717, 1.165) is 40.6 Å². The fraction of sp³-hybridized carbons (Fsp3) is 0.667. The van der Waals surface area contributed by atoms with E-state index in [9.17, 15) is 0 Å². The Morgan fingerprint density at radius 1 is 1.12 bits per heavy atom. The standard InChI is InChI=1S/C12H20N2S2/c1-12(2,3)8-9(11(16)10(8)15)14-7-5-4-6-13/h14H,4-7,13H2,1-3H3. The van der Waals surface area contributed by atoms with Crippen LogP contribution < -0.4 is 11.1 Å². The molecule has 16 heavy (non-hydrogen) atoms. The minimum atomic E-state index is 0.0790. The van der Waals surface area contributed by atoms with Gasteiger partial charge in [0.05, 0.1) is 14.7 Å². The summed E-state index contributed by atoms with van der Waals surface area (Å²) in [6.07, 6.45) is 2.12. The van der Waals surface area contributed by atoms with Crippen LogP contribution in [0.1, 0.15) is 39.2 Å². The van der Waals surface area contributed by atoms with Gasteiger partial charge < -0.3 is 11.1 Å². The second kappa shape index (κ2) is 5.34. The van der Waals surface area contributed by atoms with E-state index in [4.69, 9.17) is 30.2 Å². The molecule has 0 aliphatic heterocycles. The molecule has 1 rings (SSSR count). The molecule has 0 bridgehead atoms. The first-order valence-corrected chi connectivity index (χ1v) is 6.49. The van der Waals surface area contributed by atoms with Gasteiger partial charge in [-0.25, -0.2) is 0 Å². The zero-order valence-electron chi connectivity index (χ0n) is 10.2. The summed E-state index contributed by atoms with van der Waals surface area (Å²) in [6, 6.07) is 0. The maximum Gasteiger partial charge on any atom is 0.0796 e. The Hall–Kier alpha value is -0.320. The number of nitrogens with one attached hydrogen (secondary N) is 1. The SMILES string of the molecule is CC(C)(C)c1c(NCCCCN)c(=S)c1=S. The van der Waals surface area contributed by atoms with Gasteiger partial charge in [-0.05, 0) is 24.8 Å². The fourth-order valence-electron chi connectivity index (χ4n) is 1.76. The minimum Gasteiger partial charge on any atom is -0.384 e. The quantitative estimate of drug-likeness (QED) is 0.625. The van der Waals surface area contributed by atoms with Gasteiger partial charge in [0, 0.05) is 12.1 Å². The van der Waals surface area contributed by atoms with E-state index in [1.165, 1.54) is 5.56 Å². The van der Waals surface area contributed by atoms with Crippen molar-refractivity contribution in [1.82, 2.24) is 0 Å². The maximum absolute atomic E-state index is 5.45. The normalized spacial score (nSPS) is 12.0. The van der Waals surface area contributed by atoms with Crippen molar-refractivity contribution in [2.24, 2.45) is 5.73 Å². The average Bonchev–Trinajstić information content (AvgIpc) is 2.19.